The van der Waals surface area contributed by atoms with Crippen molar-refractivity contribution in [1.29, 1.82) is 0 Å². The highest BCUT2D eigenvalue weighted by Crippen LogP contribution is 2.19. The molecule has 2 heterocycles. The second-order valence-electron chi connectivity index (χ2n) is 5.26. The van der Waals surface area contributed by atoms with Gasteiger partial charge in [0.15, 0.2) is 5.82 Å². The molecule has 2 aromatic heterocycles. The molecule has 25 heavy (non-hydrogen) atoms. The van der Waals surface area contributed by atoms with E-state index in [4.69, 9.17) is 0 Å². The van der Waals surface area contributed by atoms with Gasteiger partial charge in [0.1, 0.15) is 0 Å². The highest BCUT2D eigenvalue weighted by Gasteiger charge is 2.03. The molecule has 126 valence electrons. The van der Waals surface area contributed by atoms with Gasteiger partial charge in [-0.15, -0.1) is 5.10 Å². The van der Waals surface area contributed by atoms with Gasteiger partial charge in [0.05, 0.1) is 6.20 Å². The molecule has 0 spiro atoms. The Morgan fingerprint density at radius 3 is 2.72 bits per heavy atom. The lowest BCUT2D eigenvalue weighted by Crippen LogP contribution is -2.07. The van der Waals surface area contributed by atoms with Crippen LogP contribution < -0.4 is 16.0 Å². The number of nitrogens with zero attached hydrogens (tertiary/aromatic N) is 4. The number of benzene rings is 1. The summed E-state index contributed by atoms with van der Waals surface area (Å²) in [7, 11) is 0. The molecule has 0 aliphatic rings. The molecule has 1 amide bonds. The number of amides is 1. The maximum absolute atomic E-state index is 11.1. The Bertz CT molecular complexity index is 854. The van der Waals surface area contributed by atoms with Gasteiger partial charge in [0.25, 0.3) is 0 Å². The summed E-state index contributed by atoms with van der Waals surface area (Å²) >= 11 is 0. The van der Waals surface area contributed by atoms with Crippen molar-refractivity contribution in [1.82, 2.24) is 20.2 Å². The quantitative estimate of drug-likeness (QED) is 0.636. The van der Waals surface area contributed by atoms with Crippen molar-refractivity contribution in [2.24, 2.45) is 0 Å². The van der Waals surface area contributed by atoms with Crippen LogP contribution in [0.25, 0.3) is 0 Å². The van der Waals surface area contributed by atoms with Gasteiger partial charge < -0.3 is 16.0 Å². The number of pyridine rings is 1. The maximum Gasteiger partial charge on any atom is 0.244 e. The summed E-state index contributed by atoms with van der Waals surface area (Å²) in [6.07, 6.45) is 5.00. The molecule has 0 aliphatic heterocycles. The minimum absolute atomic E-state index is 0.122. The summed E-state index contributed by atoms with van der Waals surface area (Å²) in [6.45, 7) is 2.04. The average Bonchev–Trinajstić information content (AvgIpc) is 2.61. The van der Waals surface area contributed by atoms with E-state index in [2.05, 4.69) is 36.1 Å². The lowest BCUT2D eigenvalue weighted by molar-refractivity contribution is -0.114. The summed E-state index contributed by atoms with van der Waals surface area (Å²) in [5.41, 5.74) is 2.56. The van der Waals surface area contributed by atoms with Crippen LogP contribution in [0.15, 0.2) is 55.0 Å². The van der Waals surface area contributed by atoms with Crippen LogP contribution in [-0.2, 0) is 11.3 Å². The fraction of sp³-hybridized carbons (Fsp3) is 0.118. The van der Waals surface area contributed by atoms with Crippen LogP contribution in [0.5, 0.6) is 0 Å². The summed E-state index contributed by atoms with van der Waals surface area (Å²) in [5, 5.41) is 16.9. The third kappa shape index (κ3) is 4.96. The van der Waals surface area contributed by atoms with Crippen molar-refractivity contribution in [3.05, 3.63) is 60.6 Å². The van der Waals surface area contributed by atoms with Crippen molar-refractivity contribution in [3.8, 4) is 0 Å². The standard InChI is InChI=1S/C17H17N7O/c1-12(25)21-14-3-2-4-15(9-14)22-16-11-20-24-17(23-16)19-10-13-5-7-18-8-6-13/h2-9,11H,10H2,1H3,(H,21,25)(H2,19,22,23,24). The molecule has 0 saturated heterocycles. The van der Waals surface area contributed by atoms with E-state index in [1.54, 1.807) is 12.4 Å². The van der Waals surface area contributed by atoms with Crippen molar-refractivity contribution in [3.63, 3.8) is 0 Å². The number of hydrogen-bond acceptors (Lipinski definition) is 7. The van der Waals surface area contributed by atoms with Gasteiger partial charge in [0, 0.05) is 37.2 Å². The molecule has 3 aromatic rings. The second kappa shape index (κ2) is 7.82. The zero-order valence-electron chi connectivity index (χ0n) is 13.6. The fourth-order valence-corrected chi connectivity index (χ4v) is 2.15. The Morgan fingerprint density at radius 1 is 1.12 bits per heavy atom. The predicted molar refractivity (Wildman–Crippen MR) is 95.4 cm³/mol. The monoisotopic (exact) mass is 335 g/mol. The second-order valence-corrected chi connectivity index (χ2v) is 5.26. The van der Waals surface area contributed by atoms with E-state index in [0.717, 1.165) is 11.3 Å². The minimum atomic E-state index is -0.122. The zero-order valence-corrected chi connectivity index (χ0v) is 13.6. The predicted octanol–water partition coefficient (Wildman–Crippen LogP) is 2.58. The molecule has 3 N–H and O–H groups in total. The first-order chi connectivity index (χ1) is 12.2. The highest BCUT2D eigenvalue weighted by molar-refractivity contribution is 5.89. The first kappa shape index (κ1) is 16.3. The summed E-state index contributed by atoms with van der Waals surface area (Å²) in [6, 6.07) is 11.2. The topological polar surface area (TPSA) is 105 Å². The first-order valence-corrected chi connectivity index (χ1v) is 7.66. The zero-order chi connectivity index (χ0) is 17.5. The lowest BCUT2D eigenvalue weighted by Gasteiger charge is -2.09. The average molecular weight is 335 g/mol. The smallest absolute Gasteiger partial charge is 0.244 e. The van der Waals surface area contributed by atoms with Crippen LogP contribution in [0.1, 0.15) is 12.5 Å². The van der Waals surface area contributed by atoms with Crippen molar-refractivity contribution >= 4 is 29.0 Å². The van der Waals surface area contributed by atoms with Crippen LogP contribution in [0.3, 0.4) is 0 Å². The van der Waals surface area contributed by atoms with Crippen molar-refractivity contribution in [2.45, 2.75) is 13.5 Å². The third-order valence-corrected chi connectivity index (χ3v) is 3.21. The molecule has 0 fully saturated rings. The Morgan fingerprint density at radius 2 is 1.92 bits per heavy atom. The number of carbonyl (C=O) groups is 1. The number of carbonyl (C=O) groups excluding carboxylic acids is 1. The van der Waals surface area contributed by atoms with Crippen LogP contribution in [0, 0.1) is 0 Å². The Hall–Kier alpha value is -3.55. The number of nitrogens with one attached hydrogen (secondary N) is 3. The van der Waals surface area contributed by atoms with E-state index in [0.29, 0.717) is 24.0 Å². The molecule has 0 bridgehead atoms. The molecule has 0 unspecified atom stereocenters. The van der Waals surface area contributed by atoms with Crippen LogP contribution in [-0.4, -0.2) is 26.1 Å². The molecule has 1 aromatic carbocycles. The molecular weight excluding hydrogens is 318 g/mol. The van der Waals surface area contributed by atoms with Gasteiger partial charge in [0.2, 0.25) is 11.9 Å². The molecular formula is C17H17N7O. The molecule has 0 radical (unpaired) electrons. The van der Waals surface area contributed by atoms with Gasteiger partial charge >= 0.3 is 0 Å². The van der Waals surface area contributed by atoms with E-state index < -0.39 is 0 Å². The first-order valence-electron chi connectivity index (χ1n) is 7.66. The van der Waals surface area contributed by atoms with Crippen LogP contribution in [0.4, 0.5) is 23.1 Å². The third-order valence-electron chi connectivity index (χ3n) is 3.21. The SMILES string of the molecule is CC(=O)Nc1cccc(Nc2cnnc(NCc3ccncc3)n2)c1. The number of hydrogen-bond donors (Lipinski definition) is 3. The van der Waals surface area contributed by atoms with Gasteiger partial charge in [-0.25, -0.2) is 0 Å². The minimum Gasteiger partial charge on any atom is -0.349 e. The van der Waals surface area contributed by atoms with E-state index in [1.807, 2.05) is 36.4 Å². The number of rotatable bonds is 6. The van der Waals surface area contributed by atoms with E-state index in [1.165, 1.54) is 13.1 Å². The van der Waals surface area contributed by atoms with Gasteiger partial charge in [-0.2, -0.15) is 10.1 Å². The largest absolute Gasteiger partial charge is 0.349 e. The van der Waals surface area contributed by atoms with Crippen molar-refractivity contribution < 1.29 is 4.79 Å². The summed E-state index contributed by atoms with van der Waals surface area (Å²) < 4.78 is 0. The van der Waals surface area contributed by atoms with E-state index >= 15 is 0 Å². The maximum atomic E-state index is 11.1. The van der Waals surface area contributed by atoms with Crippen LogP contribution >= 0.6 is 0 Å². The fourth-order valence-electron chi connectivity index (χ4n) is 2.15. The van der Waals surface area contributed by atoms with Crippen LogP contribution in [0.2, 0.25) is 0 Å². The van der Waals surface area contributed by atoms with Crippen molar-refractivity contribution in [2.75, 3.05) is 16.0 Å². The Balaban J connectivity index is 1.66. The molecule has 8 nitrogen and oxygen atoms in total. The Kier molecular flexibility index (Phi) is 5.10. The molecule has 0 atom stereocenters. The molecule has 0 saturated carbocycles. The van der Waals surface area contributed by atoms with Gasteiger partial charge in [-0.05, 0) is 35.9 Å². The molecule has 8 heteroatoms. The summed E-state index contributed by atoms with van der Waals surface area (Å²) in [5.74, 6) is 0.843. The number of anilines is 4. The Labute approximate surface area is 144 Å². The van der Waals surface area contributed by atoms with E-state index in [-0.39, 0.29) is 5.91 Å². The summed E-state index contributed by atoms with van der Waals surface area (Å²) in [4.78, 5) is 19.5. The molecule has 3 rings (SSSR count). The van der Waals surface area contributed by atoms with Gasteiger partial charge in [-0.3, -0.25) is 9.78 Å². The highest BCUT2D eigenvalue weighted by atomic mass is 16.1. The molecule has 0 aliphatic carbocycles. The lowest BCUT2D eigenvalue weighted by atomic mass is 10.2. The normalized spacial score (nSPS) is 10.1. The van der Waals surface area contributed by atoms with E-state index in [9.17, 15) is 4.79 Å². The van der Waals surface area contributed by atoms with Gasteiger partial charge in [-0.1, -0.05) is 6.07 Å². The number of aromatic nitrogens is 4.